The van der Waals surface area contributed by atoms with Crippen LogP contribution in [0.25, 0.3) is 0 Å². The Morgan fingerprint density at radius 2 is 1.85 bits per heavy atom. The maximum Gasteiger partial charge on any atom is 0.335 e. The molecule has 0 bridgehead atoms. The van der Waals surface area contributed by atoms with Crippen LogP contribution in [-0.4, -0.2) is 56.9 Å². The van der Waals surface area contributed by atoms with E-state index in [0.717, 1.165) is 16.7 Å². The second-order valence-electron chi connectivity index (χ2n) is 5.54. The highest BCUT2D eigenvalue weighted by Gasteiger charge is 2.40. The van der Waals surface area contributed by atoms with E-state index in [9.17, 15) is 24.0 Å². The summed E-state index contributed by atoms with van der Waals surface area (Å²) in [5.41, 5.74) is 0.281. The largest absolute Gasteiger partial charge is 0.480 e. The molecule has 1 saturated heterocycles. The molecule has 9 nitrogen and oxygen atoms in total. The number of anilines is 1. The van der Waals surface area contributed by atoms with Gasteiger partial charge in [-0.25, -0.2) is 14.5 Å². The van der Waals surface area contributed by atoms with Crippen molar-refractivity contribution in [3.05, 3.63) is 29.8 Å². The van der Waals surface area contributed by atoms with Crippen LogP contribution < -0.4 is 10.2 Å². The van der Waals surface area contributed by atoms with Crippen LogP contribution in [0.2, 0.25) is 0 Å². The topological polar surface area (TPSA) is 141 Å². The zero-order valence-electron chi connectivity index (χ0n) is 13.7. The maximum atomic E-state index is 12.5. The lowest BCUT2D eigenvalue weighted by Crippen LogP contribution is -2.42. The van der Waals surface area contributed by atoms with E-state index in [1.807, 2.05) is 0 Å². The SMILES string of the molecule is CC(=O)N[C@@H](CS[C@@H]1CC(=O)N(c2ccc(C(=O)O)cc2)C1=O)C(=O)O. The Bertz CT molecular complexity index is 762. The van der Waals surface area contributed by atoms with Crippen LogP contribution in [0.5, 0.6) is 0 Å². The highest BCUT2D eigenvalue weighted by atomic mass is 32.2. The Balaban J connectivity index is 2.07. The second-order valence-corrected chi connectivity index (χ2v) is 6.77. The smallest absolute Gasteiger partial charge is 0.335 e. The van der Waals surface area contributed by atoms with Crippen molar-refractivity contribution >= 4 is 47.1 Å². The summed E-state index contributed by atoms with van der Waals surface area (Å²) in [5.74, 6) is -3.89. The van der Waals surface area contributed by atoms with E-state index in [-0.39, 0.29) is 23.4 Å². The van der Waals surface area contributed by atoms with E-state index in [1.54, 1.807) is 0 Å². The lowest BCUT2D eigenvalue weighted by Gasteiger charge is -2.16. The predicted octanol–water partition coefficient (Wildman–Crippen LogP) is 0.339. The van der Waals surface area contributed by atoms with Crippen molar-refractivity contribution < 1.29 is 34.2 Å². The Morgan fingerprint density at radius 3 is 2.35 bits per heavy atom. The summed E-state index contributed by atoms with van der Waals surface area (Å²) in [4.78, 5) is 58.6. The first-order valence-electron chi connectivity index (χ1n) is 7.52. The number of hydrogen-bond donors (Lipinski definition) is 3. The number of nitrogens with zero attached hydrogens (tertiary/aromatic N) is 1. The number of thioether (sulfide) groups is 1. The molecule has 26 heavy (non-hydrogen) atoms. The molecule has 1 aromatic rings. The van der Waals surface area contributed by atoms with Crippen molar-refractivity contribution in [1.82, 2.24) is 5.32 Å². The third-order valence-electron chi connectivity index (χ3n) is 3.62. The highest BCUT2D eigenvalue weighted by Crippen LogP contribution is 2.30. The number of rotatable bonds is 7. The van der Waals surface area contributed by atoms with E-state index < -0.39 is 41.0 Å². The molecule has 10 heteroatoms. The van der Waals surface area contributed by atoms with Gasteiger partial charge in [0, 0.05) is 19.1 Å². The average molecular weight is 380 g/mol. The zero-order valence-corrected chi connectivity index (χ0v) is 14.5. The number of aliphatic carboxylic acids is 1. The zero-order chi connectivity index (χ0) is 19.4. The molecular formula is C16H16N2O7S. The van der Waals surface area contributed by atoms with Gasteiger partial charge in [0.05, 0.1) is 16.5 Å². The van der Waals surface area contributed by atoms with Crippen LogP contribution in [0.4, 0.5) is 5.69 Å². The van der Waals surface area contributed by atoms with Crippen LogP contribution in [0.15, 0.2) is 24.3 Å². The molecule has 0 unspecified atom stereocenters. The molecule has 2 atom stereocenters. The number of nitrogens with one attached hydrogen (secondary N) is 1. The number of hydrogen-bond acceptors (Lipinski definition) is 6. The van der Waals surface area contributed by atoms with Crippen molar-refractivity contribution in [1.29, 1.82) is 0 Å². The van der Waals surface area contributed by atoms with Crippen LogP contribution in [-0.2, 0) is 19.2 Å². The summed E-state index contributed by atoms with van der Waals surface area (Å²) in [5, 5.41) is 19.5. The van der Waals surface area contributed by atoms with Gasteiger partial charge in [-0.15, -0.1) is 11.8 Å². The summed E-state index contributed by atoms with van der Waals surface area (Å²) in [6.45, 7) is 1.19. The number of carbonyl (C=O) groups is 5. The number of carboxylic acid groups (broad SMARTS) is 2. The maximum absolute atomic E-state index is 12.5. The molecule has 1 aliphatic heterocycles. The van der Waals surface area contributed by atoms with Crippen molar-refractivity contribution in [3.8, 4) is 0 Å². The second kappa shape index (κ2) is 8.00. The van der Waals surface area contributed by atoms with Crippen molar-refractivity contribution in [3.63, 3.8) is 0 Å². The van der Waals surface area contributed by atoms with Gasteiger partial charge in [-0.05, 0) is 24.3 Å². The predicted molar refractivity (Wildman–Crippen MR) is 92.0 cm³/mol. The fourth-order valence-electron chi connectivity index (χ4n) is 2.39. The van der Waals surface area contributed by atoms with Crippen molar-refractivity contribution in [2.24, 2.45) is 0 Å². The van der Waals surface area contributed by atoms with Crippen molar-refractivity contribution in [2.45, 2.75) is 24.6 Å². The van der Waals surface area contributed by atoms with E-state index in [4.69, 9.17) is 10.2 Å². The molecule has 3 amide bonds. The van der Waals surface area contributed by atoms with Crippen LogP contribution in [0.3, 0.4) is 0 Å². The van der Waals surface area contributed by atoms with Crippen LogP contribution in [0, 0.1) is 0 Å². The van der Waals surface area contributed by atoms with Gasteiger partial charge in [-0.3, -0.25) is 14.4 Å². The van der Waals surface area contributed by atoms with Gasteiger partial charge in [-0.1, -0.05) is 0 Å². The number of carboxylic acids is 2. The molecule has 1 heterocycles. The molecule has 1 fully saturated rings. The standard InChI is InChI=1S/C16H16N2O7S/c1-8(19)17-11(16(24)25)7-26-12-6-13(20)18(14(12)21)10-4-2-9(3-5-10)15(22)23/h2-5,11-12H,6-7H2,1H3,(H,17,19)(H,22,23)(H,24,25)/t11-,12+/m0/s1. The molecule has 2 rings (SSSR count). The van der Waals surface area contributed by atoms with Gasteiger partial charge in [0.1, 0.15) is 6.04 Å². The van der Waals surface area contributed by atoms with Gasteiger partial charge in [0.15, 0.2) is 0 Å². The third-order valence-corrected chi connectivity index (χ3v) is 4.91. The molecule has 0 radical (unpaired) electrons. The van der Waals surface area contributed by atoms with E-state index in [1.165, 1.54) is 31.2 Å². The van der Waals surface area contributed by atoms with Crippen LogP contribution >= 0.6 is 11.8 Å². The summed E-state index contributed by atoms with van der Waals surface area (Å²) in [6.07, 6.45) is -0.101. The Morgan fingerprint density at radius 1 is 1.23 bits per heavy atom. The molecule has 3 N–H and O–H groups in total. The first-order valence-corrected chi connectivity index (χ1v) is 8.57. The van der Waals surface area contributed by atoms with Gasteiger partial charge < -0.3 is 15.5 Å². The van der Waals surface area contributed by atoms with E-state index >= 15 is 0 Å². The Kier molecular flexibility index (Phi) is 5.98. The number of aromatic carboxylic acids is 1. The lowest BCUT2D eigenvalue weighted by atomic mass is 10.2. The molecule has 0 aromatic heterocycles. The summed E-state index contributed by atoms with van der Waals surface area (Å²) in [7, 11) is 0. The van der Waals surface area contributed by atoms with Crippen LogP contribution in [0.1, 0.15) is 23.7 Å². The average Bonchev–Trinajstić information content (AvgIpc) is 2.85. The highest BCUT2D eigenvalue weighted by molar-refractivity contribution is 8.00. The molecule has 1 aliphatic rings. The molecule has 138 valence electrons. The summed E-state index contributed by atoms with van der Waals surface area (Å²) in [6, 6.07) is 4.14. The fraction of sp³-hybridized carbons (Fsp3) is 0.312. The van der Waals surface area contributed by atoms with Gasteiger partial charge in [0.25, 0.3) is 0 Å². The number of benzene rings is 1. The summed E-state index contributed by atoms with van der Waals surface area (Å²) < 4.78 is 0. The monoisotopic (exact) mass is 380 g/mol. The molecule has 1 aromatic carbocycles. The number of amides is 3. The third kappa shape index (κ3) is 4.39. The van der Waals surface area contributed by atoms with Gasteiger partial charge >= 0.3 is 11.9 Å². The minimum absolute atomic E-state index is 0.0263. The van der Waals surface area contributed by atoms with Gasteiger partial charge in [0.2, 0.25) is 17.7 Å². The lowest BCUT2D eigenvalue weighted by molar-refractivity contribution is -0.140. The summed E-state index contributed by atoms with van der Waals surface area (Å²) >= 11 is 0.979. The molecular weight excluding hydrogens is 364 g/mol. The van der Waals surface area contributed by atoms with E-state index in [2.05, 4.69) is 5.32 Å². The van der Waals surface area contributed by atoms with Crippen molar-refractivity contribution in [2.75, 3.05) is 10.7 Å². The first kappa shape index (κ1) is 19.4. The number of imide groups is 1. The Hall–Kier alpha value is -2.88. The minimum Gasteiger partial charge on any atom is -0.480 e. The van der Waals surface area contributed by atoms with Gasteiger partial charge in [-0.2, -0.15) is 0 Å². The Labute approximate surface area is 152 Å². The molecule has 0 aliphatic carbocycles. The number of carbonyl (C=O) groups excluding carboxylic acids is 3. The first-order chi connectivity index (χ1) is 12.2. The fourth-order valence-corrected chi connectivity index (χ4v) is 3.55. The minimum atomic E-state index is -1.23. The van der Waals surface area contributed by atoms with E-state index in [0.29, 0.717) is 0 Å². The quantitative estimate of drug-likeness (QED) is 0.575. The molecule has 0 saturated carbocycles. The normalized spacial score (nSPS) is 17.9. The molecule has 0 spiro atoms.